The van der Waals surface area contributed by atoms with Crippen molar-refractivity contribution >= 4 is 5.78 Å². The summed E-state index contributed by atoms with van der Waals surface area (Å²) in [5.41, 5.74) is 6.04. The Morgan fingerprint density at radius 1 is 0.596 bits per heavy atom. The van der Waals surface area contributed by atoms with Gasteiger partial charge < -0.3 is 32.8 Å². The van der Waals surface area contributed by atoms with Crippen molar-refractivity contribution in [1.29, 1.82) is 0 Å². The first-order valence-electron chi connectivity index (χ1n) is 18.3. The van der Waals surface area contributed by atoms with Crippen LogP contribution in [0.15, 0.2) is 138 Å². The lowest BCUT2D eigenvalue weighted by Crippen LogP contribution is -2.38. The number of ether oxygens (including phenoxy) is 6. The van der Waals surface area contributed by atoms with Crippen molar-refractivity contribution in [2.45, 2.75) is 18.6 Å². The molecule has 0 fully saturated rings. The van der Waals surface area contributed by atoms with Crippen LogP contribution in [0.3, 0.4) is 0 Å². The van der Waals surface area contributed by atoms with Crippen LogP contribution in [0, 0.1) is 6.92 Å². The van der Waals surface area contributed by atoms with Crippen LogP contribution in [-0.2, 0) is 10.3 Å². The molecular formula is C47H44N2O8. The lowest BCUT2D eigenvalue weighted by molar-refractivity contribution is 0.0577. The molecule has 0 aliphatic heterocycles. The van der Waals surface area contributed by atoms with E-state index in [4.69, 9.17) is 37.9 Å². The summed E-state index contributed by atoms with van der Waals surface area (Å²) in [6.07, 6.45) is 2.99. The van der Waals surface area contributed by atoms with Gasteiger partial charge in [0.05, 0.1) is 41.7 Å². The fourth-order valence-corrected chi connectivity index (χ4v) is 7.28. The highest BCUT2D eigenvalue weighted by atomic mass is 16.5. The molecule has 0 bridgehead atoms. The fourth-order valence-electron chi connectivity index (χ4n) is 7.28. The molecule has 0 aliphatic carbocycles. The zero-order valence-corrected chi connectivity index (χ0v) is 32.9. The third kappa shape index (κ3) is 7.23. The van der Waals surface area contributed by atoms with Crippen molar-refractivity contribution in [3.63, 3.8) is 0 Å². The molecule has 7 rings (SSSR count). The molecule has 1 atom stereocenters. The van der Waals surface area contributed by atoms with Crippen LogP contribution < -0.4 is 23.7 Å². The number of aromatic nitrogens is 2. The molecule has 0 radical (unpaired) electrons. The quantitative estimate of drug-likeness (QED) is 0.0746. The highest BCUT2D eigenvalue weighted by Crippen LogP contribution is 2.43. The Labute approximate surface area is 332 Å². The number of methoxy groups -OCH3 is 6. The summed E-state index contributed by atoms with van der Waals surface area (Å²) in [6.45, 7) is 1.92. The molecule has 10 heteroatoms. The number of rotatable bonds is 15. The van der Waals surface area contributed by atoms with Crippen LogP contribution in [-0.4, -0.2) is 58.2 Å². The summed E-state index contributed by atoms with van der Waals surface area (Å²) >= 11 is 0. The Balaban J connectivity index is 1.24. The largest absolute Gasteiger partial charge is 0.497 e. The van der Waals surface area contributed by atoms with E-state index >= 15 is 0 Å². The maximum Gasteiger partial charge on any atom is 0.231 e. The third-order valence-corrected chi connectivity index (χ3v) is 10.4. The van der Waals surface area contributed by atoms with Crippen LogP contribution in [0.25, 0.3) is 22.5 Å². The molecule has 2 heterocycles. The van der Waals surface area contributed by atoms with Crippen LogP contribution >= 0.6 is 0 Å². The number of carbonyl (C=O) groups is 1. The Morgan fingerprint density at radius 2 is 1.09 bits per heavy atom. The molecule has 10 nitrogen and oxygen atoms in total. The van der Waals surface area contributed by atoms with Crippen molar-refractivity contribution in [2.75, 3.05) is 42.7 Å². The molecular weight excluding hydrogens is 721 g/mol. The average Bonchev–Trinajstić information content (AvgIpc) is 3.97. The van der Waals surface area contributed by atoms with E-state index in [1.807, 2.05) is 96.8 Å². The van der Waals surface area contributed by atoms with E-state index in [0.29, 0.717) is 22.8 Å². The second-order valence-corrected chi connectivity index (χ2v) is 13.3. The minimum Gasteiger partial charge on any atom is -0.497 e. The summed E-state index contributed by atoms with van der Waals surface area (Å²) in [7, 11) is 9.67. The van der Waals surface area contributed by atoms with Gasteiger partial charge in [-0.25, -0.2) is 0 Å². The molecule has 0 N–H and O–H groups in total. The number of nitrogens with zero attached hydrogens (tertiary/aromatic N) is 2. The van der Waals surface area contributed by atoms with E-state index in [1.165, 1.54) is 7.11 Å². The number of furan rings is 1. The SMILES string of the molecule is COc1ccc(C(c2ccc(OC)cc2)(c2ccc(OC)cc2)n2cc(-c3ccc(C(OC)C(=O)c4ccc(-c5cc(OC)c(C)c(OC)c5)o4)cc3)cn2)cc1. The third-order valence-electron chi connectivity index (χ3n) is 10.4. The second kappa shape index (κ2) is 16.5. The minimum atomic E-state index is -0.909. The molecule has 57 heavy (non-hydrogen) atoms. The molecule has 5 aromatic carbocycles. The molecule has 290 valence electrons. The monoisotopic (exact) mass is 764 g/mol. The first kappa shape index (κ1) is 38.5. The van der Waals surface area contributed by atoms with Crippen LogP contribution in [0.1, 0.15) is 44.5 Å². The van der Waals surface area contributed by atoms with Crippen LogP contribution in [0.2, 0.25) is 0 Å². The van der Waals surface area contributed by atoms with Gasteiger partial charge in [0.25, 0.3) is 0 Å². The molecule has 0 saturated heterocycles. The lowest BCUT2D eigenvalue weighted by atomic mass is 9.77. The Morgan fingerprint density at radius 3 is 1.53 bits per heavy atom. The van der Waals surface area contributed by atoms with Gasteiger partial charge in [0.15, 0.2) is 5.76 Å². The number of Topliss-reactive ketones (excluding diaryl/α,β-unsaturated/α-hetero) is 1. The van der Waals surface area contributed by atoms with Crippen molar-refractivity contribution in [3.05, 3.63) is 167 Å². The van der Waals surface area contributed by atoms with Gasteiger partial charge in [-0.05, 0) is 95.4 Å². The normalized spacial score (nSPS) is 11.8. The molecule has 0 amide bonds. The van der Waals surface area contributed by atoms with Gasteiger partial charge in [0.2, 0.25) is 5.78 Å². The highest BCUT2D eigenvalue weighted by Gasteiger charge is 2.40. The van der Waals surface area contributed by atoms with Crippen molar-refractivity contribution in [2.24, 2.45) is 0 Å². The summed E-state index contributed by atoms with van der Waals surface area (Å²) in [5.74, 6) is 3.91. The van der Waals surface area contributed by atoms with Gasteiger partial charge in [-0.15, -0.1) is 0 Å². The smallest absolute Gasteiger partial charge is 0.231 e. The van der Waals surface area contributed by atoms with Crippen molar-refractivity contribution < 1.29 is 37.6 Å². The zero-order valence-electron chi connectivity index (χ0n) is 32.9. The molecule has 2 aromatic heterocycles. The summed E-state index contributed by atoms with van der Waals surface area (Å²) in [6, 6.07) is 38.9. The van der Waals surface area contributed by atoms with Gasteiger partial charge in [-0.2, -0.15) is 5.10 Å². The minimum absolute atomic E-state index is 0.174. The van der Waals surface area contributed by atoms with E-state index < -0.39 is 11.6 Å². The highest BCUT2D eigenvalue weighted by molar-refractivity contribution is 5.98. The molecule has 0 saturated carbocycles. The van der Waals surface area contributed by atoms with E-state index in [9.17, 15) is 4.79 Å². The average molecular weight is 765 g/mol. The van der Waals surface area contributed by atoms with Gasteiger partial charge in [-0.1, -0.05) is 60.7 Å². The Hall–Kier alpha value is -6.78. The van der Waals surface area contributed by atoms with Crippen molar-refractivity contribution in [3.8, 4) is 51.2 Å². The summed E-state index contributed by atoms with van der Waals surface area (Å²) in [4.78, 5) is 13.8. The van der Waals surface area contributed by atoms with Crippen LogP contribution in [0.4, 0.5) is 0 Å². The Kier molecular flexibility index (Phi) is 11.2. The van der Waals surface area contributed by atoms with E-state index in [0.717, 1.165) is 56.2 Å². The predicted molar refractivity (Wildman–Crippen MR) is 218 cm³/mol. The first-order valence-corrected chi connectivity index (χ1v) is 18.3. The van der Waals surface area contributed by atoms with Crippen molar-refractivity contribution in [1.82, 2.24) is 9.78 Å². The lowest BCUT2D eigenvalue weighted by Gasteiger charge is -2.36. The molecule has 1 unspecified atom stereocenters. The topological polar surface area (TPSA) is 103 Å². The Bertz CT molecular complexity index is 2310. The van der Waals surface area contributed by atoms with E-state index in [2.05, 4.69) is 36.4 Å². The standard InChI is InChI=1S/C47H44N2O8/c1-30-43(54-5)26-33(27-44(30)55-6)41-24-25-42(57-41)45(50)46(56-7)32-10-8-31(9-11-32)34-28-48-49(29-34)47(35-12-18-38(51-2)19-13-35,36-14-20-39(52-3)21-15-36)37-16-22-40(53-4)23-17-37/h8-29,46H,1-7H3. The van der Waals surface area contributed by atoms with E-state index in [-0.39, 0.29) is 11.5 Å². The van der Waals surface area contributed by atoms with E-state index in [1.54, 1.807) is 47.7 Å². The predicted octanol–water partition coefficient (Wildman–Crippen LogP) is 9.57. The number of carbonyl (C=O) groups excluding carboxylic acids is 1. The van der Waals surface area contributed by atoms with Crippen LogP contribution in [0.5, 0.6) is 28.7 Å². The summed E-state index contributed by atoms with van der Waals surface area (Å²) in [5, 5.41) is 5.03. The van der Waals surface area contributed by atoms with Gasteiger partial charge in [-0.3, -0.25) is 9.48 Å². The second-order valence-electron chi connectivity index (χ2n) is 13.3. The molecule has 7 aromatic rings. The fraction of sp³-hybridized carbons (Fsp3) is 0.191. The number of hydrogen-bond acceptors (Lipinski definition) is 9. The van der Waals surface area contributed by atoms with Gasteiger partial charge in [0, 0.05) is 30.0 Å². The number of hydrogen-bond donors (Lipinski definition) is 0. The number of ketones is 1. The zero-order chi connectivity index (χ0) is 40.1. The maximum atomic E-state index is 13.8. The number of benzene rings is 5. The maximum absolute atomic E-state index is 13.8. The summed E-state index contributed by atoms with van der Waals surface area (Å²) < 4.78 is 41.5. The first-order chi connectivity index (χ1) is 27.8. The molecule has 0 spiro atoms. The van der Waals surface area contributed by atoms with Gasteiger partial charge in [0.1, 0.15) is 46.2 Å². The molecule has 0 aliphatic rings. The van der Waals surface area contributed by atoms with Gasteiger partial charge >= 0.3 is 0 Å².